The lowest BCUT2D eigenvalue weighted by atomic mass is 9.94. The smallest absolute Gasteiger partial charge is 0.365 e. The zero-order chi connectivity index (χ0) is 33.3. The molecule has 0 spiro atoms. The monoisotopic (exact) mass is 634 g/mol. The standard InChI is InChI=1S/C34H37F3N6O3/c1-21-8-6-9-27-31(21)42(19-23-11-13-26(14-12-23)39-29(44)10-7-15-40(3)4)20-24-17-30(45)43(32(24)33(46)41(27)5)28-18-25(34(35,36)37)16-22(2)38-28/h6-14,16,18,24,32H,15,17,19-20H2,1-5H3,(H,39,44)/b10-7+/t24-,32+/m1/s1. The van der Waals surface area contributed by atoms with E-state index in [-0.39, 0.29) is 29.7 Å². The Kier molecular flexibility index (Phi) is 9.20. The third-order valence-electron chi connectivity index (χ3n) is 8.21. The molecule has 2 atom stereocenters. The highest BCUT2D eigenvalue weighted by Gasteiger charge is 2.49. The Morgan fingerprint density at radius 1 is 1.09 bits per heavy atom. The first-order valence-electron chi connectivity index (χ1n) is 14.9. The third kappa shape index (κ3) is 6.91. The molecule has 0 bridgehead atoms. The Labute approximate surface area is 266 Å². The quantitative estimate of drug-likeness (QED) is 0.361. The van der Waals surface area contributed by atoms with E-state index in [0.717, 1.165) is 33.8 Å². The number of hydrogen-bond donors (Lipinski definition) is 1. The van der Waals surface area contributed by atoms with Crippen molar-refractivity contribution in [2.75, 3.05) is 54.2 Å². The third-order valence-corrected chi connectivity index (χ3v) is 8.21. The van der Waals surface area contributed by atoms with Gasteiger partial charge in [0.05, 0.1) is 16.9 Å². The van der Waals surface area contributed by atoms with Crippen molar-refractivity contribution in [1.29, 1.82) is 0 Å². The number of anilines is 4. The number of nitrogens with zero attached hydrogens (tertiary/aromatic N) is 5. The van der Waals surface area contributed by atoms with E-state index in [9.17, 15) is 27.6 Å². The lowest BCUT2D eigenvalue weighted by molar-refractivity contribution is -0.137. The molecule has 3 heterocycles. The van der Waals surface area contributed by atoms with Gasteiger partial charge in [0.25, 0.3) is 0 Å². The highest BCUT2D eigenvalue weighted by atomic mass is 19.4. The number of pyridine rings is 1. The van der Waals surface area contributed by atoms with Crippen molar-refractivity contribution >= 4 is 40.6 Å². The van der Waals surface area contributed by atoms with Gasteiger partial charge in [0, 0.05) is 56.5 Å². The molecule has 1 saturated heterocycles. The van der Waals surface area contributed by atoms with Gasteiger partial charge in [-0.1, -0.05) is 30.3 Å². The average Bonchev–Trinajstić information content (AvgIpc) is 3.30. The van der Waals surface area contributed by atoms with Gasteiger partial charge in [-0.15, -0.1) is 0 Å². The predicted molar refractivity (Wildman–Crippen MR) is 172 cm³/mol. The summed E-state index contributed by atoms with van der Waals surface area (Å²) in [7, 11) is 5.45. The van der Waals surface area contributed by atoms with Gasteiger partial charge in [0.15, 0.2) is 0 Å². The van der Waals surface area contributed by atoms with Crippen molar-refractivity contribution in [1.82, 2.24) is 9.88 Å². The Bertz CT molecular complexity index is 1670. The van der Waals surface area contributed by atoms with Crippen LogP contribution in [0.25, 0.3) is 0 Å². The van der Waals surface area contributed by atoms with Crippen LogP contribution in [0.1, 0.15) is 28.8 Å². The molecule has 1 aromatic heterocycles. The highest BCUT2D eigenvalue weighted by Crippen LogP contribution is 2.42. The number of halogens is 3. The minimum absolute atomic E-state index is 0.0226. The second-order valence-electron chi connectivity index (χ2n) is 12.1. The molecule has 46 heavy (non-hydrogen) atoms. The van der Waals surface area contributed by atoms with Gasteiger partial charge in [-0.3, -0.25) is 19.3 Å². The summed E-state index contributed by atoms with van der Waals surface area (Å²) in [4.78, 5) is 50.8. The number of likely N-dealkylation sites (N-methyl/N-ethyl adjacent to an activating group) is 2. The second kappa shape index (κ2) is 13.0. The van der Waals surface area contributed by atoms with E-state index < -0.39 is 29.6 Å². The summed E-state index contributed by atoms with van der Waals surface area (Å²) in [5, 5.41) is 2.85. The summed E-state index contributed by atoms with van der Waals surface area (Å²) in [6.07, 6.45) is -1.39. The molecule has 2 aromatic carbocycles. The van der Waals surface area contributed by atoms with Gasteiger partial charge in [-0.05, 0) is 69.4 Å². The molecule has 0 unspecified atom stereocenters. The summed E-state index contributed by atoms with van der Waals surface area (Å²) >= 11 is 0. The molecule has 1 N–H and O–H groups in total. The normalized spacial score (nSPS) is 18.6. The maximum atomic E-state index is 14.1. The maximum absolute atomic E-state index is 14.1. The molecular weight excluding hydrogens is 597 g/mol. The number of aryl methyl sites for hydroxylation is 2. The van der Waals surface area contributed by atoms with E-state index in [1.165, 1.54) is 17.9 Å². The van der Waals surface area contributed by atoms with Crippen LogP contribution in [0.4, 0.5) is 36.1 Å². The van der Waals surface area contributed by atoms with Crippen molar-refractivity contribution in [3.63, 3.8) is 0 Å². The molecule has 2 aliphatic heterocycles. The molecule has 3 amide bonds. The van der Waals surface area contributed by atoms with Crippen LogP contribution in [0, 0.1) is 19.8 Å². The van der Waals surface area contributed by atoms with Crippen LogP contribution in [0.2, 0.25) is 0 Å². The topological polar surface area (TPSA) is 89.1 Å². The number of alkyl halides is 3. The number of amides is 3. The molecule has 9 nitrogen and oxygen atoms in total. The molecule has 242 valence electrons. The first-order chi connectivity index (χ1) is 21.7. The number of para-hydroxylation sites is 1. The fourth-order valence-electron chi connectivity index (χ4n) is 6.11. The summed E-state index contributed by atoms with van der Waals surface area (Å²) in [5.74, 6) is -1.77. The SMILES string of the molecule is Cc1cc(C(F)(F)F)cc(N2C(=O)C[C@@H]3CN(Cc4ccc(NC(=O)/C=C/CN(C)C)cc4)c4c(C)cccc4N(C)C(=O)[C@H]32)n1. The number of rotatable bonds is 7. The molecule has 5 rings (SSSR count). The Balaban J connectivity index is 1.46. The predicted octanol–water partition coefficient (Wildman–Crippen LogP) is 5.18. The van der Waals surface area contributed by atoms with Crippen LogP contribution in [-0.4, -0.2) is 67.9 Å². The minimum Gasteiger partial charge on any atom is -0.365 e. The van der Waals surface area contributed by atoms with Crippen molar-refractivity contribution in [3.05, 3.63) is 89.1 Å². The van der Waals surface area contributed by atoms with Gasteiger partial charge in [0.1, 0.15) is 11.9 Å². The minimum atomic E-state index is -4.64. The first-order valence-corrected chi connectivity index (χ1v) is 14.9. The number of nitrogens with one attached hydrogen (secondary N) is 1. The van der Waals surface area contributed by atoms with Gasteiger partial charge < -0.3 is 20.0 Å². The lowest BCUT2D eigenvalue weighted by Crippen LogP contribution is -2.52. The number of hydrogen-bond acceptors (Lipinski definition) is 6. The van der Waals surface area contributed by atoms with Gasteiger partial charge >= 0.3 is 6.18 Å². The van der Waals surface area contributed by atoms with Crippen LogP contribution in [-0.2, 0) is 27.1 Å². The number of fused-ring (bicyclic) bond motifs is 2. The molecule has 12 heteroatoms. The Morgan fingerprint density at radius 3 is 2.48 bits per heavy atom. The van der Waals surface area contributed by atoms with Crippen molar-refractivity contribution in [2.24, 2.45) is 5.92 Å². The fraction of sp³-hybridized carbons (Fsp3) is 0.353. The van der Waals surface area contributed by atoms with E-state index in [0.29, 0.717) is 31.0 Å². The maximum Gasteiger partial charge on any atom is 0.416 e. The largest absolute Gasteiger partial charge is 0.416 e. The first kappa shape index (κ1) is 32.7. The zero-order valence-electron chi connectivity index (χ0n) is 26.4. The van der Waals surface area contributed by atoms with E-state index in [1.54, 1.807) is 13.1 Å². The fourth-order valence-corrected chi connectivity index (χ4v) is 6.11. The second-order valence-corrected chi connectivity index (χ2v) is 12.1. The van der Waals surface area contributed by atoms with Gasteiger partial charge in [-0.2, -0.15) is 13.2 Å². The molecule has 2 aliphatic rings. The average molecular weight is 635 g/mol. The molecule has 1 fully saturated rings. The Morgan fingerprint density at radius 2 is 1.80 bits per heavy atom. The summed E-state index contributed by atoms with van der Waals surface area (Å²) in [5.41, 5.74) is 3.13. The number of carbonyl (C=O) groups is 3. The Hall–Kier alpha value is -4.71. The van der Waals surface area contributed by atoms with Crippen molar-refractivity contribution < 1.29 is 27.6 Å². The van der Waals surface area contributed by atoms with E-state index in [1.807, 2.05) is 68.4 Å². The van der Waals surface area contributed by atoms with Crippen LogP contribution in [0.5, 0.6) is 0 Å². The van der Waals surface area contributed by atoms with Crippen molar-refractivity contribution in [3.8, 4) is 0 Å². The molecule has 0 aliphatic carbocycles. The van der Waals surface area contributed by atoms with Crippen LogP contribution >= 0.6 is 0 Å². The van der Waals surface area contributed by atoms with Crippen LogP contribution in [0.15, 0.2) is 66.7 Å². The van der Waals surface area contributed by atoms with Gasteiger partial charge in [-0.25, -0.2) is 4.98 Å². The van der Waals surface area contributed by atoms with E-state index in [4.69, 9.17) is 0 Å². The zero-order valence-corrected chi connectivity index (χ0v) is 26.4. The number of carbonyl (C=O) groups excluding carboxylic acids is 3. The number of aromatic nitrogens is 1. The summed E-state index contributed by atoms with van der Waals surface area (Å²) in [6, 6.07) is 13.8. The van der Waals surface area contributed by atoms with Gasteiger partial charge in [0.2, 0.25) is 17.7 Å². The summed E-state index contributed by atoms with van der Waals surface area (Å²) in [6.45, 7) is 4.76. The van der Waals surface area contributed by atoms with E-state index >= 15 is 0 Å². The molecule has 3 aromatic rings. The van der Waals surface area contributed by atoms with Crippen LogP contribution < -0.4 is 20.0 Å². The van der Waals surface area contributed by atoms with Crippen molar-refractivity contribution in [2.45, 2.75) is 39.0 Å². The van der Waals surface area contributed by atoms with E-state index in [2.05, 4.69) is 15.2 Å². The highest BCUT2D eigenvalue weighted by molar-refractivity contribution is 6.10. The lowest BCUT2D eigenvalue weighted by Gasteiger charge is -2.39. The molecule has 0 radical (unpaired) electrons. The molecular formula is C34H37F3N6O3. The van der Waals surface area contributed by atoms with Crippen LogP contribution in [0.3, 0.4) is 0 Å². The number of benzene rings is 2. The summed E-state index contributed by atoms with van der Waals surface area (Å²) < 4.78 is 41.1. The molecule has 0 saturated carbocycles.